The van der Waals surface area contributed by atoms with E-state index in [2.05, 4.69) is 21.1 Å². The molecule has 1 fully saturated rings. The summed E-state index contributed by atoms with van der Waals surface area (Å²) in [6.07, 6.45) is 2.30. The van der Waals surface area contributed by atoms with E-state index >= 15 is 0 Å². The van der Waals surface area contributed by atoms with Crippen LogP contribution in [0.15, 0.2) is 62.7 Å². The van der Waals surface area contributed by atoms with Gasteiger partial charge in [0.1, 0.15) is 6.07 Å². The number of carbonyl (C=O) groups is 1. The third-order valence-corrected chi connectivity index (χ3v) is 5.66. The van der Waals surface area contributed by atoms with Crippen molar-refractivity contribution in [2.75, 3.05) is 44.2 Å². The third-order valence-electron chi connectivity index (χ3n) is 5.66. The maximum absolute atomic E-state index is 12.8. The van der Waals surface area contributed by atoms with Gasteiger partial charge in [0.05, 0.1) is 25.1 Å². The van der Waals surface area contributed by atoms with Gasteiger partial charge in [-0.15, -0.1) is 0 Å². The lowest BCUT2D eigenvalue weighted by Gasteiger charge is -2.34. The van der Waals surface area contributed by atoms with Crippen LogP contribution in [0.3, 0.4) is 0 Å². The van der Waals surface area contributed by atoms with Crippen molar-refractivity contribution >= 4 is 17.5 Å². The summed E-state index contributed by atoms with van der Waals surface area (Å²) in [5.74, 6) is 1.22. The number of hydrogen-bond donors (Lipinski definition) is 0. The maximum atomic E-state index is 12.8. The second kappa shape index (κ2) is 8.69. The molecule has 5 rings (SSSR count). The number of carbonyl (C=O) groups excluding carboxylic acids is 1. The Balaban J connectivity index is 1.18. The molecule has 0 saturated carbocycles. The highest BCUT2D eigenvalue weighted by atomic mass is 16.4. The molecule has 32 heavy (non-hydrogen) atoms. The smallest absolute Gasteiger partial charge is 0.266 e. The topological polar surface area (TPSA) is 102 Å². The van der Waals surface area contributed by atoms with Crippen molar-refractivity contribution < 1.29 is 13.6 Å². The molecule has 9 nitrogen and oxygen atoms in total. The average molecular weight is 430 g/mol. The quantitative estimate of drug-likeness (QED) is 0.613. The monoisotopic (exact) mass is 430 g/mol. The Morgan fingerprint density at radius 3 is 2.59 bits per heavy atom. The van der Waals surface area contributed by atoms with Gasteiger partial charge in [0.25, 0.3) is 11.8 Å². The predicted molar refractivity (Wildman–Crippen MR) is 117 cm³/mol. The molecule has 2 aromatic heterocycles. The van der Waals surface area contributed by atoms with Gasteiger partial charge in [-0.25, -0.2) is 5.01 Å². The van der Waals surface area contributed by atoms with E-state index in [1.54, 1.807) is 17.1 Å². The van der Waals surface area contributed by atoms with E-state index < -0.39 is 0 Å². The van der Waals surface area contributed by atoms with Crippen LogP contribution in [0.5, 0.6) is 0 Å². The molecular weight excluding hydrogens is 408 g/mol. The fourth-order valence-corrected chi connectivity index (χ4v) is 3.96. The van der Waals surface area contributed by atoms with Crippen molar-refractivity contribution in [1.29, 1.82) is 5.26 Å². The minimum Gasteiger partial charge on any atom is -0.459 e. The van der Waals surface area contributed by atoms with Crippen molar-refractivity contribution in [1.82, 2.24) is 14.9 Å². The van der Waals surface area contributed by atoms with Gasteiger partial charge >= 0.3 is 0 Å². The minimum absolute atomic E-state index is 0.00173. The van der Waals surface area contributed by atoms with Gasteiger partial charge in [-0.2, -0.15) is 15.3 Å². The number of nitrogens with zero attached hydrogens (tertiary/aromatic N) is 6. The first-order valence-electron chi connectivity index (χ1n) is 10.6. The molecule has 1 aromatic carbocycles. The van der Waals surface area contributed by atoms with E-state index in [4.69, 9.17) is 8.83 Å². The van der Waals surface area contributed by atoms with Crippen LogP contribution >= 0.6 is 0 Å². The van der Waals surface area contributed by atoms with Crippen molar-refractivity contribution in [2.24, 2.45) is 5.10 Å². The summed E-state index contributed by atoms with van der Waals surface area (Å²) in [6, 6.07) is 15.5. The first-order valence-corrected chi connectivity index (χ1v) is 10.6. The Kier molecular flexibility index (Phi) is 5.44. The molecule has 0 atom stereocenters. The molecule has 2 aliphatic heterocycles. The van der Waals surface area contributed by atoms with Crippen LogP contribution in [-0.4, -0.2) is 65.8 Å². The number of nitriles is 1. The number of rotatable bonds is 5. The van der Waals surface area contributed by atoms with Crippen LogP contribution in [0.25, 0.3) is 11.7 Å². The van der Waals surface area contributed by atoms with Crippen molar-refractivity contribution in [3.63, 3.8) is 0 Å². The summed E-state index contributed by atoms with van der Waals surface area (Å²) in [6.45, 7) is 3.55. The highest BCUT2D eigenvalue weighted by molar-refractivity contribution is 6.02. The fourth-order valence-electron chi connectivity index (χ4n) is 3.96. The van der Waals surface area contributed by atoms with Gasteiger partial charge in [-0.1, -0.05) is 30.3 Å². The Morgan fingerprint density at radius 2 is 1.88 bits per heavy atom. The van der Waals surface area contributed by atoms with Crippen LogP contribution in [-0.2, 0) is 4.79 Å². The molecule has 162 valence electrons. The third kappa shape index (κ3) is 4.00. The standard InChI is InChI=1S/C23H22N6O3/c24-15-19-23(32-22(25-19)20-7-4-14-31-20)28-12-10-27(11-13-28)16-21(30)29-9-8-18(26-29)17-5-2-1-3-6-17/h1-7,14H,8-13,16H2. The molecule has 0 spiro atoms. The summed E-state index contributed by atoms with van der Waals surface area (Å²) in [5.41, 5.74) is 2.25. The number of furan rings is 1. The molecule has 4 heterocycles. The number of anilines is 1. The minimum atomic E-state index is 0.00173. The zero-order valence-electron chi connectivity index (χ0n) is 17.5. The van der Waals surface area contributed by atoms with Crippen LogP contribution in [0.2, 0.25) is 0 Å². The molecule has 1 amide bonds. The highest BCUT2D eigenvalue weighted by Gasteiger charge is 2.28. The normalized spacial score (nSPS) is 16.8. The molecule has 0 unspecified atom stereocenters. The number of aromatic nitrogens is 1. The first-order chi connectivity index (χ1) is 15.7. The van der Waals surface area contributed by atoms with E-state index in [1.165, 1.54) is 6.26 Å². The van der Waals surface area contributed by atoms with Crippen LogP contribution in [0, 0.1) is 11.3 Å². The summed E-state index contributed by atoms with van der Waals surface area (Å²) < 4.78 is 11.1. The molecule has 0 bridgehead atoms. The van der Waals surface area contributed by atoms with Crippen LogP contribution < -0.4 is 4.90 Å². The summed E-state index contributed by atoms with van der Waals surface area (Å²) >= 11 is 0. The molecule has 3 aromatic rings. The Labute approximate surface area is 185 Å². The van der Waals surface area contributed by atoms with Gasteiger partial charge in [0.2, 0.25) is 11.6 Å². The first kappa shape index (κ1) is 20.0. The number of oxazole rings is 1. The lowest BCUT2D eigenvalue weighted by Crippen LogP contribution is -2.49. The Bertz CT molecular complexity index is 1150. The maximum Gasteiger partial charge on any atom is 0.266 e. The lowest BCUT2D eigenvalue weighted by molar-refractivity contribution is -0.132. The van der Waals surface area contributed by atoms with E-state index in [-0.39, 0.29) is 11.6 Å². The van der Waals surface area contributed by atoms with Crippen LogP contribution in [0.4, 0.5) is 5.88 Å². The van der Waals surface area contributed by atoms with E-state index in [1.807, 2.05) is 35.2 Å². The van der Waals surface area contributed by atoms with E-state index in [9.17, 15) is 10.1 Å². The Morgan fingerprint density at radius 1 is 1.06 bits per heavy atom. The van der Waals surface area contributed by atoms with E-state index in [0.717, 1.165) is 17.7 Å². The van der Waals surface area contributed by atoms with Gasteiger partial charge in [0.15, 0.2) is 5.76 Å². The highest BCUT2D eigenvalue weighted by Crippen LogP contribution is 2.29. The number of benzene rings is 1. The van der Waals surface area contributed by atoms with Crippen LogP contribution in [0.1, 0.15) is 17.7 Å². The molecule has 9 heteroatoms. The molecular formula is C23H22N6O3. The zero-order chi connectivity index (χ0) is 21.9. The zero-order valence-corrected chi connectivity index (χ0v) is 17.5. The van der Waals surface area contributed by atoms with Crippen molar-refractivity contribution in [2.45, 2.75) is 6.42 Å². The summed E-state index contributed by atoms with van der Waals surface area (Å²) in [5, 5.41) is 15.6. The predicted octanol–water partition coefficient (Wildman–Crippen LogP) is 2.56. The van der Waals surface area contributed by atoms with Crippen molar-refractivity contribution in [3.05, 3.63) is 60.0 Å². The Hall–Kier alpha value is -3.90. The molecule has 2 aliphatic rings. The fraction of sp³-hybridized carbons (Fsp3) is 0.304. The lowest BCUT2D eigenvalue weighted by atomic mass is 10.1. The summed E-state index contributed by atoms with van der Waals surface area (Å²) in [4.78, 5) is 21.1. The summed E-state index contributed by atoms with van der Waals surface area (Å²) in [7, 11) is 0. The van der Waals surface area contributed by atoms with Gasteiger partial charge in [-0.3, -0.25) is 9.69 Å². The number of hydrazone groups is 1. The molecule has 0 N–H and O–H groups in total. The molecule has 1 saturated heterocycles. The molecule has 0 radical (unpaired) electrons. The number of piperazine rings is 1. The number of amides is 1. The number of hydrogen-bond acceptors (Lipinski definition) is 8. The van der Waals surface area contributed by atoms with Crippen molar-refractivity contribution in [3.8, 4) is 17.7 Å². The SMILES string of the molecule is N#Cc1nc(-c2ccco2)oc1N1CCN(CC(=O)N2CCC(c3ccccc3)=N2)CC1. The second-order valence-electron chi connectivity index (χ2n) is 7.70. The van der Waals surface area contributed by atoms with Gasteiger partial charge in [-0.05, 0) is 17.7 Å². The second-order valence-corrected chi connectivity index (χ2v) is 7.70. The van der Waals surface area contributed by atoms with Gasteiger partial charge < -0.3 is 13.7 Å². The van der Waals surface area contributed by atoms with E-state index in [0.29, 0.717) is 56.8 Å². The molecule has 0 aliphatic carbocycles. The largest absolute Gasteiger partial charge is 0.459 e. The average Bonchev–Trinajstić information content (AvgIpc) is 3.60. The van der Waals surface area contributed by atoms with Gasteiger partial charge in [0, 0.05) is 32.6 Å².